The summed E-state index contributed by atoms with van der Waals surface area (Å²) in [5, 5.41) is 8.16. The molecule has 0 rings (SSSR count). The molecule has 0 aliphatic rings. The van der Waals surface area contributed by atoms with Crippen molar-refractivity contribution in [2.45, 2.75) is 40.0 Å². The Labute approximate surface area is 96.1 Å². The molecule has 3 N–H and O–H groups in total. The number of hydrogen-bond acceptors (Lipinski definition) is 2. The van der Waals surface area contributed by atoms with Gasteiger partial charge in [-0.15, -0.1) is 0 Å². The zero-order valence-electron chi connectivity index (χ0n) is 10.2. The SMILES string of the molecule is C/C(F)=C/CCCC(=O)O.CCN=C(C)N. The number of carboxylic acid groups (broad SMARTS) is 1. The molecule has 0 saturated carbocycles. The molecule has 0 atom stereocenters. The molecule has 0 bridgehead atoms. The first-order chi connectivity index (χ1) is 7.40. The lowest BCUT2D eigenvalue weighted by Crippen LogP contribution is -2.04. The number of aliphatic imine (C=N–C) groups is 1. The Hall–Kier alpha value is -1.39. The number of nitrogens with zero attached hydrogens (tertiary/aromatic N) is 1. The van der Waals surface area contributed by atoms with E-state index in [1.807, 2.05) is 6.92 Å². The summed E-state index contributed by atoms with van der Waals surface area (Å²) in [6, 6.07) is 0. The quantitative estimate of drug-likeness (QED) is 0.434. The summed E-state index contributed by atoms with van der Waals surface area (Å²) in [6.45, 7) is 5.88. The van der Waals surface area contributed by atoms with Gasteiger partial charge in [0.2, 0.25) is 0 Å². The Balaban J connectivity index is 0. The highest BCUT2D eigenvalue weighted by Gasteiger charge is 1.93. The lowest BCUT2D eigenvalue weighted by Gasteiger charge is -1.89. The van der Waals surface area contributed by atoms with Crippen molar-refractivity contribution in [3.05, 3.63) is 11.9 Å². The minimum absolute atomic E-state index is 0.115. The van der Waals surface area contributed by atoms with Gasteiger partial charge < -0.3 is 10.8 Å². The lowest BCUT2D eigenvalue weighted by molar-refractivity contribution is -0.137. The molecule has 0 unspecified atom stereocenters. The molecule has 0 fully saturated rings. The number of halogens is 1. The Bertz CT molecular complexity index is 242. The summed E-state index contributed by atoms with van der Waals surface area (Å²) < 4.78 is 11.9. The van der Waals surface area contributed by atoms with Crippen LogP contribution in [-0.4, -0.2) is 23.5 Å². The van der Waals surface area contributed by atoms with Crippen molar-refractivity contribution >= 4 is 11.8 Å². The van der Waals surface area contributed by atoms with E-state index < -0.39 is 5.97 Å². The van der Waals surface area contributed by atoms with Crippen LogP contribution in [0, 0.1) is 0 Å². The molecule has 5 heteroatoms. The van der Waals surface area contributed by atoms with E-state index in [2.05, 4.69) is 4.99 Å². The monoisotopic (exact) mass is 232 g/mol. The van der Waals surface area contributed by atoms with Crippen molar-refractivity contribution in [2.75, 3.05) is 6.54 Å². The average Bonchev–Trinajstić information content (AvgIpc) is 2.12. The van der Waals surface area contributed by atoms with Crippen molar-refractivity contribution in [2.24, 2.45) is 10.7 Å². The maximum Gasteiger partial charge on any atom is 0.303 e. The van der Waals surface area contributed by atoms with E-state index >= 15 is 0 Å². The van der Waals surface area contributed by atoms with Crippen LogP contribution in [-0.2, 0) is 4.79 Å². The predicted molar refractivity (Wildman–Crippen MR) is 64.2 cm³/mol. The first kappa shape index (κ1) is 17.0. The Morgan fingerprint density at radius 2 is 2.06 bits per heavy atom. The number of carboxylic acids is 1. The van der Waals surface area contributed by atoms with Gasteiger partial charge in [0, 0.05) is 13.0 Å². The maximum absolute atomic E-state index is 11.9. The zero-order valence-corrected chi connectivity index (χ0v) is 10.2. The highest BCUT2D eigenvalue weighted by Crippen LogP contribution is 2.01. The van der Waals surface area contributed by atoms with Gasteiger partial charge in [-0.05, 0) is 33.6 Å². The molecule has 0 aliphatic heterocycles. The number of rotatable bonds is 5. The number of allylic oxidation sites excluding steroid dienone is 2. The van der Waals surface area contributed by atoms with Crippen LogP contribution < -0.4 is 5.73 Å². The number of aliphatic carboxylic acids is 1. The molecule has 94 valence electrons. The van der Waals surface area contributed by atoms with Gasteiger partial charge in [0.05, 0.1) is 11.7 Å². The molecule has 0 aromatic heterocycles. The van der Waals surface area contributed by atoms with Crippen molar-refractivity contribution in [1.29, 1.82) is 0 Å². The summed E-state index contributed by atoms with van der Waals surface area (Å²) >= 11 is 0. The average molecular weight is 232 g/mol. The maximum atomic E-state index is 11.9. The highest BCUT2D eigenvalue weighted by atomic mass is 19.1. The summed E-state index contributed by atoms with van der Waals surface area (Å²) in [4.78, 5) is 13.7. The smallest absolute Gasteiger partial charge is 0.303 e. The molecule has 16 heavy (non-hydrogen) atoms. The molecule has 0 aromatic carbocycles. The van der Waals surface area contributed by atoms with Gasteiger partial charge in [-0.25, -0.2) is 4.39 Å². The number of hydrogen-bond donors (Lipinski definition) is 2. The topological polar surface area (TPSA) is 75.7 Å². The second kappa shape index (κ2) is 11.7. The van der Waals surface area contributed by atoms with Crippen LogP contribution in [0.15, 0.2) is 16.9 Å². The first-order valence-electron chi connectivity index (χ1n) is 5.20. The third-order valence-electron chi connectivity index (χ3n) is 1.43. The molecular weight excluding hydrogens is 211 g/mol. The van der Waals surface area contributed by atoms with Gasteiger partial charge in [-0.1, -0.05) is 6.08 Å². The third-order valence-corrected chi connectivity index (χ3v) is 1.43. The van der Waals surface area contributed by atoms with Gasteiger partial charge in [0.15, 0.2) is 0 Å². The molecule has 0 radical (unpaired) electrons. The largest absolute Gasteiger partial charge is 0.481 e. The standard InChI is InChI=1S/C7H11FO2.C4H10N2/c1-6(8)4-2-3-5-7(9)10;1-3-6-4(2)5/h4H,2-3,5H2,1H3,(H,9,10);3H2,1-2H3,(H2,5,6)/b6-4-;. The second-order valence-corrected chi connectivity index (χ2v) is 3.19. The summed E-state index contributed by atoms with van der Waals surface area (Å²) in [7, 11) is 0. The molecule has 0 spiro atoms. The number of unbranched alkanes of at least 4 members (excludes halogenated alkanes) is 1. The van der Waals surface area contributed by atoms with E-state index in [0.717, 1.165) is 6.54 Å². The molecule has 0 aliphatic carbocycles. The lowest BCUT2D eigenvalue weighted by atomic mass is 10.2. The van der Waals surface area contributed by atoms with Gasteiger partial charge in [0.25, 0.3) is 0 Å². The van der Waals surface area contributed by atoms with Gasteiger partial charge in [-0.2, -0.15) is 0 Å². The minimum Gasteiger partial charge on any atom is -0.481 e. The van der Waals surface area contributed by atoms with Crippen LogP contribution in [0.2, 0.25) is 0 Å². The molecule has 0 aromatic rings. The number of carbonyl (C=O) groups is 1. The van der Waals surface area contributed by atoms with Crippen molar-refractivity contribution in [1.82, 2.24) is 0 Å². The van der Waals surface area contributed by atoms with Crippen LogP contribution in [0.1, 0.15) is 40.0 Å². The number of amidine groups is 1. The third kappa shape index (κ3) is 22.9. The fourth-order valence-corrected chi connectivity index (χ4v) is 0.804. The van der Waals surface area contributed by atoms with E-state index in [4.69, 9.17) is 10.8 Å². The Morgan fingerprint density at radius 1 is 1.50 bits per heavy atom. The fraction of sp³-hybridized carbons (Fsp3) is 0.636. The minimum atomic E-state index is -0.829. The van der Waals surface area contributed by atoms with Gasteiger partial charge in [0.1, 0.15) is 0 Å². The normalized spacial score (nSPS) is 11.8. The van der Waals surface area contributed by atoms with Gasteiger partial charge in [-0.3, -0.25) is 9.79 Å². The molecule has 0 saturated heterocycles. The zero-order chi connectivity index (χ0) is 13.0. The summed E-state index contributed by atoms with van der Waals surface area (Å²) in [5.74, 6) is -0.409. The molecule has 0 amide bonds. The van der Waals surface area contributed by atoms with Gasteiger partial charge >= 0.3 is 5.97 Å². The van der Waals surface area contributed by atoms with Crippen LogP contribution in [0.4, 0.5) is 4.39 Å². The Kier molecular flexibility index (Phi) is 12.4. The summed E-state index contributed by atoms with van der Waals surface area (Å²) in [5.41, 5.74) is 5.15. The van der Waals surface area contributed by atoms with E-state index in [1.165, 1.54) is 13.0 Å². The first-order valence-corrected chi connectivity index (χ1v) is 5.20. The molecule has 4 nitrogen and oxygen atoms in total. The molecular formula is C11H21FN2O2. The second-order valence-electron chi connectivity index (χ2n) is 3.19. The van der Waals surface area contributed by atoms with Crippen LogP contribution >= 0.6 is 0 Å². The van der Waals surface area contributed by atoms with E-state index in [0.29, 0.717) is 18.7 Å². The van der Waals surface area contributed by atoms with Crippen LogP contribution in [0.25, 0.3) is 0 Å². The van der Waals surface area contributed by atoms with Crippen LogP contribution in [0.5, 0.6) is 0 Å². The molecule has 0 heterocycles. The highest BCUT2D eigenvalue weighted by molar-refractivity contribution is 5.77. The van der Waals surface area contributed by atoms with Crippen molar-refractivity contribution < 1.29 is 14.3 Å². The number of nitrogens with two attached hydrogens (primary N) is 1. The van der Waals surface area contributed by atoms with E-state index in [1.54, 1.807) is 6.92 Å². The fourth-order valence-electron chi connectivity index (χ4n) is 0.804. The van der Waals surface area contributed by atoms with E-state index in [9.17, 15) is 9.18 Å². The Morgan fingerprint density at radius 3 is 2.31 bits per heavy atom. The van der Waals surface area contributed by atoms with Crippen molar-refractivity contribution in [3.63, 3.8) is 0 Å². The van der Waals surface area contributed by atoms with E-state index in [-0.39, 0.29) is 12.2 Å². The van der Waals surface area contributed by atoms with Crippen LogP contribution in [0.3, 0.4) is 0 Å². The summed E-state index contributed by atoms with van der Waals surface area (Å²) in [6.07, 6.45) is 2.53. The predicted octanol–water partition coefficient (Wildman–Crippen LogP) is 2.50. The van der Waals surface area contributed by atoms with Crippen molar-refractivity contribution in [3.8, 4) is 0 Å².